The number of sulfonamides is 1. The number of rotatable bonds is 6. The maximum absolute atomic E-state index is 11.9. The summed E-state index contributed by atoms with van der Waals surface area (Å²) in [5, 5.41) is 9.88. The first-order valence-corrected chi connectivity index (χ1v) is 9.22. The van der Waals surface area contributed by atoms with Crippen LogP contribution in [-0.2, 0) is 10.0 Å². The van der Waals surface area contributed by atoms with Gasteiger partial charge in [-0.3, -0.25) is 0 Å². The number of thiophene rings is 1. The van der Waals surface area contributed by atoms with Gasteiger partial charge in [-0.05, 0) is 41.2 Å². The number of aliphatic hydroxyl groups is 1. The third-order valence-electron chi connectivity index (χ3n) is 1.91. The summed E-state index contributed by atoms with van der Waals surface area (Å²) in [4.78, 5) is 0. The average Bonchev–Trinajstić information content (AvgIpc) is 2.63. The molecular weight excluding hydrogens is 346 g/mol. The Balaban J connectivity index is 2.69. The van der Waals surface area contributed by atoms with Crippen molar-refractivity contribution in [2.45, 2.75) is 16.7 Å². The van der Waals surface area contributed by atoms with Crippen LogP contribution < -0.4 is 4.72 Å². The van der Waals surface area contributed by atoms with Gasteiger partial charge < -0.3 is 5.11 Å². The number of hydrogen-bond acceptors (Lipinski definition) is 5. The van der Waals surface area contributed by atoms with Gasteiger partial charge in [0, 0.05) is 12.3 Å². The number of hydrogen-bond donors (Lipinski definition) is 2. The van der Waals surface area contributed by atoms with E-state index in [1.165, 1.54) is 17.8 Å². The summed E-state index contributed by atoms with van der Waals surface area (Å²) < 4.78 is 27.1. The molecule has 0 radical (unpaired) electrons. The van der Waals surface area contributed by atoms with Crippen molar-refractivity contribution in [2.24, 2.45) is 0 Å². The van der Waals surface area contributed by atoms with Crippen molar-refractivity contribution in [2.75, 3.05) is 18.6 Å². The maximum Gasteiger partial charge on any atom is 0.250 e. The molecule has 0 aromatic carbocycles. The van der Waals surface area contributed by atoms with Gasteiger partial charge >= 0.3 is 0 Å². The van der Waals surface area contributed by atoms with Gasteiger partial charge in [0.05, 0.1) is 9.39 Å². The topological polar surface area (TPSA) is 66.4 Å². The first kappa shape index (κ1) is 15.5. The molecule has 4 nitrogen and oxygen atoms in total. The summed E-state index contributed by atoms with van der Waals surface area (Å²) in [5.74, 6) is 0.476. The molecule has 1 aromatic heterocycles. The van der Waals surface area contributed by atoms with Crippen molar-refractivity contribution >= 4 is 49.1 Å². The predicted molar refractivity (Wildman–Crippen MR) is 76.2 cm³/mol. The Morgan fingerprint density at radius 3 is 2.71 bits per heavy atom. The first-order valence-electron chi connectivity index (χ1n) is 4.73. The Kier molecular flexibility index (Phi) is 5.48. The fraction of sp³-hybridized carbons (Fsp3) is 0.556. The van der Waals surface area contributed by atoms with E-state index >= 15 is 0 Å². The second-order valence-corrected chi connectivity index (χ2v) is 9.14. The molecule has 1 heterocycles. The van der Waals surface area contributed by atoms with Crippen LogP contribution in [0.3, 0.4) is 0 Å². The van der Waals surface area contributed by atoms with Crippen molar-refractivity contribution in [3.63, 3.8) is 0 Å². The number of thioether (sulfide) groups is 1. The summed E-state index contributed by atoms with van der Waals surface area (Å²) in [5.41, 5.74) is -1.04. The number of halogens is 1. The Morgan fingerprint density at radius 2 is 2.24 bits per heavy atom. The molecule has 1 rings (SSSR count). The van der Waals surface area contributed by atoms with Gasteiger partial charge in [-0.1, -0.05) is 0 Å². The molecule has 0 amide bonds. The summed E-state index contributed by atoms with van der Waals surface area (Å²) in [6.45, 7) is 1.61. The molecule has 0 aliphatic heterocycles. The Morgan fingerprint density at radius 1 is 1.59 bits per heavy atom. The average molecular weight is 360 g/mol. The predicted octanol–water partition coefficient (Wildman–Crippen LogP) is 1.90. The summed E-state index contributed by atoms with van der Waals surface area (Å²) in [6.07, 6.45) is 1.86. The largest absolute Gasteiger partial charge is 0.388 e. The molecule has 0 saturated carbocycles. The maximum atomic E-state index is 11.9. The van der Waals surface area contributed by atoms with E-state index in [9.17, 15) is 13.5 Å². The molecule has 0 aliphatic rings. The third kappa shape index (κ3) is 4.88. The highest BCUT2D eigenvalue weighted by atomic mass is 79.9. The lowest BCUT2D eigenvalue weighted by atomic mass is 10.1. The lowest BCUT2D eigenvalue weighted by Crippen LogP contribution is -2.42. The molecule has 0 saturated heterocycles. The Hall–Kier alpha value is 0.400. The second-order valence-electron chi connectivity index (χ2n) is 3.81. The minimum atomic E-state index is -3.52. The van der Waals surface area contributed by atoms with Crippen molar-refractivity contribution in [3.05, 3.63) is 15.9 Å². The molecule has 1 atom stereocenters. The highest BCUT2D eigenvalue weighted by Gasteiger charge is 2.24. The fourth-order valence-corrected chi connectivity index (χ4v) is 5.07. The fourth-order valence-electron chi connectivity index (χ4n) is 1.13. The number of nitrogens with one attached hydrogen (secondary N) is 1. The van der Waals surface area contributed by atoms with E-state index in [0.29, 0.717) is 5.75 Å². The zero-order chi connectivity index (χ0) is 13.1. The third-order valence-corrected chi connectivity index (χ3v) is 6.34. The second kappa shape index (κ2) is 6.03. The molecule has 1 unspecified atom stereocenters. The normalized spacial score (nSPS) is 15.8. The zero-order valence-corrected chi connectivity index (χ0v) is 13.5. The Bertz CT molecular complexity index is 470. The highest BCUT2D eigenvalue weighted by Crippen LogP contribution is 2.26. The van der Waals surface area contributed by atoms with Crippen LogP contribution in [0.15, 0.2) is 20.1 Å². The monoisotopic (exact) mass is 359 g/mol. The molecule has 1 aromatic rings. The minimum Gasteiger partial charge on any atom is -0.388 e. The van der Waals surface area contributed by atoms with Crippen LogP contribution in [0.25, 0.3) is 0 Å². The molecule has 2 N–H and O–H groups in total. The van der Waals surface area contributed by atoms with Gasteiger partial charge in [-0.25, -0.2) is 13.1 Å². The lowest BCUT2D eigenvalue weighted by Gasteiger charge is -2.22. The van der Waals surface area contributed by atoms with Crippen LogP contribution >= 0.6 is 39.0 Å². The molecule has 0 bridgehead atoms. The van der Waals surface area contributed by atoms with Gasteiger partial charge in [0.15, 0.2) is 0 Å². The minimum absolute atomic E-state index is 0.00565. The quantitative estimate of drug-likeness (QED) is 0.813. The van der Waals surface area contributed by atoms with Gasteiger partial charge in [-0.2, -0.15) is 11.8 Å². The van der Waals surface area contributed by atoms with Crippen molar-refractivity contribution in [1.82, 2.24) is 4.72 Å². The molecule has 0 aliphatic carbocycles. The Labute approximate surface area is 118 Å². The molecular formula is C9H14BrNO3S3. The van der Waals surface area contributed by atoms with E-state index in [4.69, 9.17) is 0 Å². The smallest absolute Gasteiger partial charge is 0.250 e. The summed E-state index contributed by atoms with van der Waals surface area (Å²) >= 11 is 5.82. The summed E-state index contributed by atoms with van der Waals surface area (Å²) in [6, 6.07) is 3.21. The van der Waals surface area contributed by atoms with E-state index in [1.54, 1.807) is 13.0 Å². The molecule has 0 spiro atoms. The zero-order valence-electron chi connectivity index (χ0n) is 9.44. The van der Waals surface area contributed by atoms with Crippen molar-refractivity contribution in [1.29, 1.82) is 0 Å². The van der Waals surface area contributed by atoms with Crippen molar-refractivity contribution in [3.8, 4) is 0 Å². The first-order chi connectivity index (χ1) is 7.77. The van der Waals surface area contributed by atoms with Crippen LogP contribution in [0.1, 0.15) is 6.92 Å². The van der Waals surface area contributed by atoms with Crippen LogP contribution in [0.4, 0.5) is 0 Å². The molecule has 17 heavy (non-hydrogen) atoms. The van der Waals surface area contributed by atoms with Gasteiger partial charge in [0.25, 0.3) is 0 Å². The van der Waals surface area contributed by atoms with E-state index in [2.05, 4.69) is 20.7 Å². The standard InChI is InChI=1S/C9H14BrNO3S3/c1-9(12,6-15-2)5-11-17(13,14)8-4-3-7(10)16-8/h3-4,11-12H,5-6H2,1-2H3. The van der Waals surface area contributed by atoms with E-state index in [1.807, 2.05) is 6.26 Å². The van der Waals surface area contributed by atoms with Gasteiger partial charge in [0.1, 0.15) is 4.21 Å². The molecule has 8 heteroatoms. The lowest BCUT2D eigenvalue weighted by molar-refractivity contribution is 0.0909. The van der Waals surface area contributed by atoms with Gasteiger partial charge in [-0.15, -0.1) is 11.3 Å². The summed E-state index contributed by atoms with van der Waals surface area (Å²) in [7, 11) is -3.52. The SMILES string of the molecule is CSCC(C)(O)CNS(=O)(=O)c1ccc(Br)s1. The van der Waals surface area contributed by atoms with E-state index in [0.717, 1.165) is 15.1 Å². The van der Waals surface area contributed by atoms with Gasteiger partial charge in [0.2, 0.25) is 10.0 Å². The van der Waals surface area contributed by atoms with Crippen LogP contribution in [-0.4, -0.2) is 37.7 Å². The van der Waals surface area contributed by atoms with Crippen LogP contribution in [0.2, 0.25) is 0 Å². The highest BCUT2D eigenvalue weighted by molar-refractivity contribution is 9.11. The van der Waals surface area contributed by atoms with Crippen LogP contribution in [0.5, 0.6) is 0 Å². The van der Waals surface area contributed by atoms with E-state index < -0.39 is 15.6 Å². The molecule has 0 fully saturated rings. The van der Waals surface area contributed by atoms with Crippen molar-refractivity contribution < 1.29 is 13.5 Å². The van der Waals surface area contributed by atoms with E-state index in [-0.39, 0.29) is 10.8 Å². The van der Waals surface area contributed by atoms with Crippen LogP contribution in [0, 0.1) is 0 Å². The molecule has 98 valence electrons.